The van der Waals surface area contributed by atoms with Crippen LogP contribution in [0.3, 0.4) is 0 Å². The van der Waals surface area contributed by atoms with E-state index in [4.69, 9.17) is 26.2 Å². The second kappa shape index (κ2) is 7.53. The highest BCUT2D eigenvalue weighted by Gasteiger charge is 2.03. The second-order valence-corrected chi connectivity index (χ2v) is 5.40. The lowest BCUT2D eigenvalue weighted by molar-refractivity contribution is 0.217. The number of ether oxygens (including phenoxy) is 2. The Morgan fingerprint density at radius 3 is 2.35 bits per heavy atom. The molecule has 0 aliphatic rings. The van der Waals surface area contributed by atoms with Gasteiger partial charge >= 0.3 is 0 Å². The maximum atomic E-state index is 8.99. The van der Waals surface area contributed by atoms with Crippen LogP contribution in [0.5, 0.6) is 11.5 Å². The fourth-order valence-corrected chi connectivity index (χ4v) is 2.12. The third-order valence-corrected chi connectivity index (χ3v) is 3.43. The van der Waals surface area contributed by atoms with Crippen molar-refractivity contribution >= 4 is 27.5 Å². The zero-order valence-corrected chi connectivity index (χ0v) is 13.0. The minimum atomic E-state index is -0.0350. The van der Waals surface area contributed by atoms with Crippen LogP contribution in [0.25, 0.3) is 0 Å². The van der Waals surface area contributed by atoms with Crippen molar-refractivity contribution in [3.05, 3.63) is 57.5 Å². The van der Waals surface area contributed by atoms with Gasteiger partial charge < -0.3 is 14.6 Å². The van der Waals surface area contributed by atoms with Crippen molar-refractivity contribution in [3.63, 3.8) is 0 Å². The molecule has 0 amide bonds. The summed E-state index contributed by atoms with van der Waals surface area (Å²) in [6, 6.07) is 12.8. The summed E-state index contributed by atoms with van der Waals surface area (Å²) in [4.78, 5) is 0. The maximum Gasteiger partial charge on any atom is 0.138 e. The van der Waals surface area contributed by atoms with E-state index in [-0.39, 0.29) is 6.61 Å². The molecular weight excluding hydrogens is 344 g/mol. The first kappa shape index (κ1) is 15.2. The first-order valence-electron chi connectivity index (χ1n) is 6.09. The minimum absolute atomic E-state index is 0.0350. The van der Waals surface area contributed by atoms with E-state index in [0.717, 1.165) is 15.8 Å². The van der Waals surface area contributed by atoms with Gasteiger partial charge in [-0.25, -0.2) is 0 Å². The number of aliphatic hydroxyl groups excluding tert-OH is 1. The third kappa shape index (κ3) is 4.40. The highest BCUT2D eigenvalue weighted by Crippen LogP contribution is 2.25. The summed E-state index contributed by atoms with van der Waals surface area (Å²) in [5.41, 5.74) is 0.758. The lowest BCUT2D eigenvalue weighted by Gasteiger charge is -2.10. The normalized spacial score (nSPS) is 10.3. The lowest BCUT2D eigenvalue weighted by atomic mass is 10.2. The van der Waals surface area contributed by atoms with Crippen LogP contribution in [0.15, 0.2) is 46.9 Å². The highest BCUT2D eigenvalue weighted by molar-refractivity contribution is 9.10. The zero-order chi connectivity index (χ0) is 14.4. The largest absolute Gasteiger partial charge is 0.490 e. The molecule has 0 aromatic heterocycles. The average Bonchev–Trinajstić information content (AvgIpc) is 2.46. The van der Waals surface area contributed by atoms with Gasteiger partial charge in [0.2, 0.25) is 0 Å². The number of hydrogen-bond acceptors (Lipinski definition) is 3. The molecule has 2 aromatic rings. The van der Waals surface area contributed by atoms with Crippen LogP contribution in [0, 0.1) is 0 Å². The van der Waals surface area contributed by atoms with E-state index in [1.807, 2.05) is 24.3 Å². The molecule has 0 aliphatic heterocycles. The quantitative estimate of drug-likeness (QED) is 0.793. The molecule has 0 aliphatic carbocycles. The lowest BCUT2D eigenvalue weighted by Crippen LogP contribution is -2.09. The van der Waals surface area contributed by atoms with Crippen LogP contribution in [-0.4, -0.2) is 18.3 Å². The van der Waals surface area contributed by atoms with Crippen molar-refractivity contribution in [2.45, 2.75) is 6.61 Å². The topological polar surface area (TPSA) is 38.7 Å². The Balaban J connectivity index is 1.79. The van der Waals surface area contributed by atoms with Gasteiger partial charge in [0.25, 0.3) is 0 Å². The maximum absolute atomic E-state index is 8.99. The fraction of sp³-hybridized carbons (Fsp3) is 0.200. The van der Waals surface area contributed by atoms with Crippen LogP contribution in [0.4, 0.5) is 0 Å². The van der Waals surface area contributed by atoms with Crippen LogP contribution >= 0.6 is 27.5 Å². The fourth-order valence-electron chi connectivity index (χ4n) is 1.60. The predicted octanol–water partition coefficient (Wildman–Crippen LogP) is 4.05. The average molecular weight is 358 g/mol. The van der Waals surface area contributed by atoms with Crippen molar-refractivity contribution in [3.8, 4) is 11.5 Å². The molecule has 0 bridgehead atoms. The molecule has 2 rings (SSSR count). The Bertz CT molecular complexity index is 558. The van der Waals surface area contributed by atoms with Gasteiger partial charge in [0.1, 0.15) is 24.7 Å². The van der Waals surface area contributed by atoms with Gasteiger partial charge in [-0.2, -0.15) is 0 Å². The summed E-state index contributed by atoms with van der Waals surface area (Å²) >= 11 is 9.40. The Morgan fingerprint density at radius 2 is 1.70 bits per heavy atom. The van der Waals surface area contributed by atoms with Crippen molar-refractivity contribution in [1.29, 1.82) is 0 Å². The van der Waals surface area contributed by atoms with E-state index in [2.05, 4.69) is 15.9 Å². The van der Waals surface area contributed by atoms with Gasteiger partial charge in [0.15, 0.2) is 0 Å². The molecule has 0 radical (unpaired) electrons. The Morgan fingerprint density at radius 1 is 1.00 bits per heavy atom. The minimum Gasteiger partial charge on any atom is -0.490 e. The van der Waals surface area contributed by atoms with Gasteiger partial charge in [-0.1, -0.05) is 33.6 Å². The summed E-state index contributed by atoms with van der Waals surface area (Å²) in [6.45, 7) is 0.792. The van der Waals surface area contributed by atoms with E-state index < -0.39 is 0 Å². The second-order valence-electron chi connectivity index (χ2n) is 4.07. The van der Waals surface area contributed by atoms with Crippen LogP contribution in [-0.2, 0) is 6.61 Å². The molecule has 3 nitrogen and oxygen atoms in total. The van der Waals surface area contributed by atoms with E-state index in [0.29, 0.717) is 24.0 Å². The Labute approximate surface area is 131 Å². The summed E-state index contributed by atoms with van der Waals surface area (Å²) in [5.74, 6) is 1.38. The summed E-state index contributed by atoms with van der Waals surface area (Å²) in [5, 5.41) is 9.48. The Hall–Kier alpha value is -1.23. The molecular formula is C15H14BrClO3. The van der Waals surface area contributed by atoms with Gasteiger partial charge in [-0.05, 0) is 42.0 Å². The molecule has 20 heavy (non-hydrogen) atoms. The predicted molar refractivity (Wildman–Crippen MR) is 82.5 cm³/mol. The van der Waals surface area contributed by atoms with Gasteiger partial charge in [0.05, 0.1) is 11.6 Å². The number of halogens is 2. The first-order chi connectivity index (χ1) is 9.69. The monoisotopic (exact) mass is 356 g/mol. The van der Waals surface area contributed by atoms with E-state index in [1.54, 1.807) is 18.2 Å². The number of benzene rings is 2. The molecule has 1 N–H and O–H groups in total. The standard InChI is InChI=1S/C15H14BrClO3/c16-12-2-4-13(5-3-12)19-7-8-20-15-6-1-11(10-18)9-14(15)17/h1-6,9,18H,7-8,10H2. The van der Waals surface area contributed by atoms with Crippen LogP contribution in [0.1, 0.15) is 5.56 Å². The molecule has 5 heteroatoms. The smallest absolute Gasteiger partial charge is 0.138 e. The third-order valence-electron chi connectivity index (χ3n) is 2.60. The summed E-state index contributed by atoms with van der Waals surface area (Å²) < 4.78 is 12.1. The molecule has 0 unspecified atom stereocenters. The van der Waals surface area contributed by atoms with E-state index in [9.17, 15) is 0 Å². The van der Waals surface area contributed by atoms with Crippen molar-refractivity contribution in [1.82, 2.24) is 0 Å². The highest BCUT2D eigenvalue weighted by atomic mass is 79.9. The zero-order valence-electron chi connectivity index (χ0n) is 10.7. The summed E-state index contributed by atoms with van der Waals surface area (Å²) in [6.07, 6.45) is 0. The molecule has 0 spiro atoms. The Kier molecular flexibility index (Phi) is 5.71. The molecule has 0 atom stereocenters. The number of hydrogen-bond donors (Lipinski definition) is 1. The van der Waals surface area contributed by atoms with Gasteiger partial charge in [-0.3, -0.25) is 0 Å². The molecule has 0 saturated heterocycles. The number of aliphatic hydroxyl groups is 1. The van der Waals surface area contributed by atoms with Crippen molar-refractivity contribution < 1.29 is 14.6 Å². The van der Waals surface area contributed by atoms with Crippen molar-refractivity contribution in [2.75, 3.05) is 13.2 Å². The van der Waals surface area contributed by atoms with E-state index in [1.165, 1.54) is 0 Å². The number of rotatable bonds is 6. The van der Waals surface area contributed by atoms with E-state index >= 15 is 0 Å². The first-order valence-corrected chi connectivity index (χ1v) is 7.26. The SMILES string of the molecule is OCc1ccc(OCCOc2ccc(Br)cc2)c(Cl)c1. The molecule has 0 heterocycles. The van der Waals surface area contributed by atoms with Crippen LogP contribution < -0.4 is 9.47 Å². The molecule has 0 saturated carbocycles. The van der Waals surface area contributed by atoms with Crippen LogP contribution in [0.2, 0.25) is 5.02 Å². The molecule has 0 fully saturated rings. The molecule has 106 valence electrons. The summed E-state index contributed by atoms with van der Waals surface area (Å²) in [7, 11) is 0. The van der Waals surface area contributed by atoms with Gasteiger partial charge in [0, 0.05) is 4.47 Å². The van der Waals surface area contributed by atoms with Gasteiger partial charge in [-0.15, -0.1) is 0 Å². The molecule has 2 aromatic carbocycles. The van der Waals surface area contributed by atoms with Crippen molar-refractivity contribution in [2.24, 2.45) is 0 Å².